The van der Waals surface area contributed by atoms with Gasteiger partial charge in [0.25, 0.3) is 0 Å². The highest BCUT2D eigenvalue weighted by Gasteiger charge is 2.08. The van der Waals surface area contributed by atoms with Crippen molar-refractivity contribution < 1.29 is 22.2 Å². The van der Waals surface area contributed by atoms with E-state index in [2.05, 4.69) is 4.18 Å². The average Bonchev–Trinajstić information content (AvgIpc) is 2.29. The number of benzene rings is 1. The summed E-state index contributed by atoms with van der Waals surface area (Å²) >= 11 is -2.21. The van der Waals surface area contributed by atoms with Crippen LogP contribution in [-0.4, -0.2) is 16.0 Å². The van der Waals surface area contributed by atoms with Gasteiger partial charge in [0.15, 0.2) is 5.78 Å². The predicted molar refractivity (Wildman–Crippen MR) is 66.1 cm³/mol. The summed E-state index contributed by atoms with van der Waals surface area (Å²) in [6.45, 7) is 3.07. The maximum Gasteiger partial charge on any atom is 0.420 e. The molecule has 0 radical (unpaired) electrons. The van der Waals surface area contributed by atoms with Crippen LogP contribution in [0.25, 0.3) is 0 Å². The Morgan fingerprint density at radius 2 is 1.83 bits per heavy atom. The molecule has 1 atom stereocenters. The Labute approximate surface area is 107 Å². The maximum absolute atomic E-state index is 11.3. The fourth-order valence-electron chi connectivity index (χ4n) is 1.07. The molecule has 0 saturated carbocycles. The lowest BCUT2D eigenvalue weighted by molar-refractivity contribution is -0.128. The second-order valence-corrected chi connectivity index (χ2v) is 4.01. The third kappa shape index (κ3) is 4.50. The van der Waals surface area contributed by atoms with Crippen molar-refractivity contribution in [2.24, 2.45) is 0 Å². The molecule has 18 heavy (non-hydrogen) atoms. The average molecular weight is 268 g/mol. The first-order chi connectivity index (χ1) is 8.52. The molecule has 96 valence electrons. The molecule has 0 amide bonds. The van der Waals surface area contributed by atoms with E-state index >= 15 is 0 Å². The van der Waals surface area contributed by atoms with Crippen molar-refractivity contribution in [3.63, 3.8) is 0 Å². The largest absolute Gasteiger partial charge is 0.420 e. The van der Waals surface area contributed by atoms with E-state index in [-0.39, 0.29) is 11.5 Å². The number of allylic oxidation sites excluding steroid dienone is 1. The summed E-state index contributed by atoms with van der Waals surface area (Å²) in [5, 5.41) is 0. The number of hydrogen-bond acceptors (Lipinski definition) is 5. The van der Waals surface area contributed by atoms with E-state index in [0.717, 1.165) is 6.08 Å². The van der Waals surface area contributed by atoms with Crippen molar-refractivity contribution in [2.45, 2.75) is 13.8 Å². The number of rotatable bonds is 5. The van der Waals surface area contributed by atoms with Crippen molar-refractivity contribution in [2.75, 3.05) is 0 Å². The monoisotopic (exact) mass is 268 g/mol. The molecule has 0 aliphatic rings. The van der Waals surface area contributed by atoms with Gasteiger partial charge in [0.2, 0.25) is 0 Å². The summed E-state index contributed by atoms with van der Waals surface area (Å²) in [5.41, 5.74) is 0.513. The van der Waals surface area contributed by atoms with Crippen LogP contribution in [-0.2, 0) is 20.3 Å². The maximum atomic E-state index is 11.3. The molecule has 0 spiro atoms. The van der Waals surface area contributed by atoms with Crippen LogP contribution in [0.2, 0.25) is 0 Å². The lowest BCUT2D eigenvalue weighted by Gasteiger charge is -2.03. The first-order valence-electron chi connectivity index (χ1n) is 5.09. The van der Waals surface area contributed by atoms with Gasteiger partial charge in [-0.25, -0.2) is 4.79 Å². The lowest BCUT2D eigenvalue weighted by Crippen LogP contribution is -2.09. The molecule has 0 aliphatic carbocycles. The van der Waals surface area contributed by atoms with Crippen molar-refractivity contribution in [3.8, 4) is 5.75 Å². The lowest BCUT2D eigenvalue weighted by atomic mass is 10.1. The van der Waals surface area contributed by atoms with Crippen LogP contribution >= 0.6 is 0 Å². The van der Waals surface area contributed by atoms with E-state index in [1.165, 1.54) is 37.3 Å². The van der Waals surface area contributed by atoms with Crippen molar-refractivity contribution in [3.05, 3.63) is 42.0 Å². The zero-order valence-corrected chi connectivity index (χ0v) is 10.7. The topological polar surface area (TPSA) is 69.7 Å². The van der Waals surface area contributed by atoms with Gasteiger partial charge in [-0.3, -0.25) is 4.79 Å². The molecule has 1 unspecified atom stereocenters. The molecular formula is C12H12O5S. The minimum atomic E-state index is -2.21. The molecule has 0 bridgehead atoms. The number of Topliss-reactive ketones (excluding diaryl/α,β-unsaturated/α-hetero) is 1. The molecule has 0 saturated heterocycles. The highest BCUT2D eigenvalue weighted by atomic mass is 32.2. The van der Waals surface area contributed by atoms with E-state index < -0.39 is 17.3 Å². The van der Waals surface area contributed by atoms with Gasteiger partial charge in [-0.05, 0) is 38.1 Å². The number of carbonyl (C=O) groups is 2. The Balaban J connectivity index is 2.59. The summed E-state index contributed by atoms with van der Waals surface area (Å²) < 4.78 is 20.5. The Kier molecular flexibility index (Phi) is 5.26. The zero-order chi connectivity index (χ0) is 13.5. The summed E-state index contributed by atoms with van der Waals surface area (Å²) in [6.07, 6.45) is 2.58. The first kappa shape index (κ1) is 14.1. The van der Waals surface area contributed by atoms with Crippen LogP contribution in [0, 0.1) is 0 Å². The SMILES string of the molecule is C/C=C/C(=O)OS(=O)Oc1ccc(C(C)=O)cc1. The van der Waals surface area contributed by atoms with Gasteiger partial charge in [-0.2, -0.15) is 4.21 Å². The summed E-state index contributed by atoms with van der Waals surface area (Å²) in [4.78, 5) is 22.0. The van der Waals surface area contributed by atoms with Gasteiger partial charge in [-0.15, -0.1) is 0 Å². The van der Waals surface area contributed by atoms with Gasteiger partial charge in [-0.1, -0.05) is 6.08 Å². The highest BCUT2D eigenvalue weighted by Crippen LogP contribution is 2.14. The van der Waals surface area contributed by atoms with Gasteiger partial charge in [0, 0.05) is 11.6 Å². The fraction of sp³-hybridized carbons (Fsp3) is 0.167. The Hall–Kier alpha value is -1.95. The Morgan fingerprint density at radius 1 is 1.22 bits per heavy atom. The molecule has 0 heterocycles. The summed E-state index contributed by atoms with van der Waals surface area (Å²) in [7, 11) is 0. The second-order valence-electron chi connectivity index (χ2n) is 3.27. The minimum Gasteiger partial charge on any atom is -0.371 e. The normalized spacial score (nSPS) is 12.1. The number of carbonyl (C=O) groups excluding carboxylic acids is 2. The van der Waals surface area contributed by atoms with Crippen LogP contribution in [0.3, 0.4) is 0 Å². The zero-order valence-electron chi connectivity index (χ0n) is 9.91. The molecule has 1 aromatic rings. The van der Waals surface area contributed by atoms with Gasteiger partial charge >= 0.3 is 17.3 Å². The first-order valence-corrected chi connectivity index (χ1v) is 6.09. The van der Waals surface area contributed by atoms with E-state index in [1.807, 2.05) is 0 Å². The predicted octanol–water partition coefficient (Wildman–Crippen LogP) is 1.97. The van der Waals surface area contributed by atoms with Gasteiger partial charge < -0.3 is 8.37 Å². The molecule has 1 rings (SSSR count). The third-order valence-corrected chi connectivity index (χ3v) is 2.51. The molecule has 0 fully saturated rings. The summed E-state index contributed by atoms with van der Waals surface area (Å²) in [5.74, 6) is -0.593. The van der Waals surface area contributed by atoms with Gasteiger partial charge in [0.1, 0.15) is 5.75 Å². The standard InChI is InChI=1S/C12H12O5S/c1-3-4-12(14)17-18(15)16-11-7-5-10(6-8-11)9(2)13/h3-8H,1-2H3/b4-3+. The third-order valence-electron chi connectivity index (χ3n) is 1.88. The quantitative estimate of drug-likeness (QED) is 0.603. The highest BCUT2D eigenvalue weighted by molar-refractivity contribution is 7.76. The van der Waals surface area contributed by atoms with Gasteiger partial charge in [0.05, 0.1) is 0 Å². The van der Waals surface area contributed by atoms with Crippen molar-refractivity contribution in [1.29, 1.82) is 0 Å². The molecule has 0 aliphatic heterocycles. The Morgan fingerprint density at radius 3 is 2.33 bits per heavy atom. The van der Waals surface area contributed by atoms with Crippen LogP contribution in [0.4, 0.5) is 0 Å². The minimum absolute atomic E-state index is 0.0813. The molecule has 6 heteroatoms. The van der Waals surface area contributed by atoms with E-state index in [0.29, 0.717) is 5.56 Å². The van der Waals surface area contributed by atoms with Crippen LogP contribution in [0.1, 0.15) is 24.2 Å². The smallest absolute Gasteiger partial charge is 0.371 e. The van der Waals surface area contributed by atoms with Crippen LogP contribution in [0.5, 0.6) is 5.75 Å². The van der Waals surface area contributed by atoms with Crippen LogP contribution in [0.15, 0.2) is 36.4 Å². The number of ketones is 1. The molecule has 0 N–H and O–H groups in total. The van der Waals surface area contributed by atoms with Crippen molar-refractivity contribution in [1.82, 2.24) is 0 Å². The van der Waals surface area contributed by atoms with E-state index in [9.17, 15) is 13.8 Å². The van der Waals surface area contributed by atoms with E-state index in [4.69, 9.17) is 4.18 Å². The van der Waals surface area contributed by atoms with Crippen LogP contribution < -0.4 is 4.18 Å². The molecular weight excluding hydrogens is 256 g/mol. The molecule has 0 aromatic heterocycles. The Bertz CT molecular complexity index is 490. The van der Waals surface area contributed by atoms with E-state index in [1.54, 1.807) is 6.92 Å². The molecule has 5 nitrogen and oxygen atoms in total. The molecule has 1 aromatic carbocycles. The second kappa shape index (κ2) is 6.70. The fourth-order valence-corrected chi connectivity index (χ4v) is 1.56. The number of hydrogen-bond donors (Lipinski definition) is 0. The van der Waals surface area contributed by atoms with Crippen molar-refractivity contribution >= 4 is 23.1 Å². The summed E-state index contributed by atoms with van der Waals surface area (Å²) in [6, 6.07) is 6.00.